The third-order valence-corrected chi connectivity index (χ3v) is 4.73. The van der Waals surface area contributed by atoms with Gasteiger partial charge in [0.1, 0.15) is 0 Å². The summed E-state index contributed by atoms with van der Waals surface area (Å²) in [6, 6.07) is 16.6. The zero-order valence-electron chi connectivity index (χ0n) is 14.6. The molecule has 0 radical (unpaired) electrons. The molecule has 1 saturated carbocycles. The van der Waals surface area contributed by atoms with Gasteiger partial charge in [0, 0.05) is 18.2 Å². The Balaban J connectivity index is 0.00000196. The fraction of sp³-hybridized carbons (Fsp3) is 0.350. The number of nitrogens with one attached hydrogen (secondary N) is 1. The molecular formula is C20H24IN3O2. The standard InChI is InChI=1S/C20H23N3O2.HI/c21-20(23-17-11-15(12-17)14-5-2-1-3-6-14)22-16-7-8-18-19(13-16)25-10-4-9-24-18;/h1-3,5-8,13,15,17H,4,9-12H2,(H3,21,22,23);1H. The molecule has 1 fully saturated rings. The van der Waals surface area contributed by atoms with Crippen molar-refractivity contribution >= 4 is 35.6 Å². The SMILES string of the molecule is I.NC(=NC1CC(c2ccccc2)C1)Nc1ccc2c(c1)OCCCO2. The van der Waals surface area contributed by atoms with Gasteiger partial charge >= 0.3 is 0 Å². The Morgan fingerprint density at radius 2 is 1.73 bits per heavy atom. The third kappa shape index (κ3) is 4.41. The van der Waals surface area contributed by atoms with Crippen LogP contribution in [0, 0.1) is 0 Å². The molecule has 2 aromatic carbocycles. The molecule has 5 nitrogen and oxygen atoms in total. The lowest BCUT2D eigenvalue weighted by Crippen LogP contribution is -2.31. The first-order valence-electron chi connectivity index (χ1n) is 8.83. The Labute approximate surface area is 171 Å². The summed E-state index contributed by atoms with van der Waals surface area (Å²) in [6.45, 7) is 1.36. The number of aliphatic imine (C=N–C) groups is 1. The predicted octanol–water partition coefficient (Wildman–Crippen LogP) is 4.14. The number of nitrogens with zero attached hydrogens (tertiary/aromatic N) is 1. The Morgan fingerprint density at radius 1 is 1.00 bits per heavy atom. The van der Waals surface area contributed by atoms with E-state index in [2.05, 4.69) is 40.6 Å². The molecule has 138 valence electrons. The van der Waals surface area contributed by atoms with Gasteiger partial charge in [0.2, 0.25) is 0 Å². The van der Waals surface area contributed by atoms with Crippen LogP contribution in [0.4, 0.5) is 5.69 Å². The Kier molecular flexibility index (Phi) is 6.24. The molecule has 1 heterocycles. The van der Waals surface area contributed by atoms with E-state index in [0.29, 0.717) is 25.1 Å². The first-order chi connectivity index (χ1) is 12.3. The van der Waals surface area contributed by atoms with Crippen LogP contribution in [0.3, 0.4) is 0 Å². The number of fused-ring (bicyclic) bond motifs is 1. The topological polar surface area (TPSA) is 68.9 Å². The lowest BCUT2D eigenvalue weighted by molar-refractivity contribution is 0.297. The number of halogens is 1. The van der Waals surface area contributed by atoms with Crippen molar-refractivity contribution in [1.82, 2.24) is 0 Å². The van der Waals surface area contributed by atoms with Crippen molar-refractivity contribution in [1.29, 1.82) is 0 Å². The van der Waals surface area contributed by atoms with E-state index >= 15 is 0 Å². The normalized spacial score (nSPS) is 21.8. The van der Waals surface area contributed by atoms with Crippen LogP contribution in [0.5, 0.6) is 11.5 Å². The number of rotatable bonds is 3. The molecule has 4 rings (SSSR count). The van der Waals surface area contributed by atoms with Crippen LogP contribution >= 0.6 is 24.0 Å². The zero-order chi connectivity index (χ0) is 17.1. The van der Waals surface area contributed by atoms with E-state index in [1.807, 2.05) is 18.2 Å². The third-order valence-electron chi connectivity index (χ3n) is 4.73. The molecular weight excluding hydrogens is 441 g/mol. The number of hydrogen-bond donors (Lipinski definition) is 2. The molecule has 3 N–H and O–H groups in total. The van der Waals surface area contributed by atoms with E-state index in [1.54, 1.807) is 0 Å². The lowest BCUT2D eigenvalue weighted by Gasteiger charge is -2.33. The average molecular weight is 465 g/mol. The molecule has 0 amide bonds. The molecule has 0 atom stereocenters. The fourth-order valence-electron chi connectivity index (χ4n) is 3.31. The molecule has 0 aromatic heterocycles. The largest absolute Gasteiger partial charge is 0.490 e. The highest BCUT2D eigenvalue weighted by atomic mass is 127. The van der Waals surface area contributed by atoms with Gasteiger partial charge in [-0.15, -0.1) is 24.0 Å². The highest BCUT2D eigenvalue weighted by molar-refractivity contribution is 14.0. The highest BCUT2D eigenvalue weighted by Crippen LogP contribution is 2.38. The van der Waals surface area contributed by atoms with E-state index in [0.717, 1.165) is 36.4 Å². The molecule has 6 heteroatoms. The molecule has 0 saturated heterocycles. The van der Waals surface area contributed by atoms with Crippen LogP contribution in [0.1, 0.15) is 30.7 Å². The van der Waals surface area contributed by atoms with Crippen LogP contribution in [-0.2, 0) is 0 Å². The van der Waals surface area contributed by atoms with Crippen molar-refractivity contribution in [2.24, 2.45) is 10.7 Å². The zero-order valence-corrected chi connectivity index (χ0v) is 16.9. The van der Waals surface area contributed by atoms with Crippen molar-refractivity contribution in [3.63, 3.8) is 0 Å². The number of anilines is 1. The van der Waals surface area contributed by atoms with Gasteiger partial charge in [-0.1, -0.05) is 30.3 Å². The van der Waals surface area contributed by atoms with E-state index in [4.69, 9.17) is 15.2 Å². The van der Waals surface area contributed by atoms with Gasteiger partial charge in [-0.2, -0.15) is 0 Å². The van der Waals surface area contributed by atoms with Gasteiger partial charge in [0.25, 0.3) is 0 Å². The Hall–Kier alpha value is -1.96. The number of benzene rings is 2. The smallest absolute Gasteiger partial charge is 0.193 e. The summed E-state index contributed by atoms with van der Waals surface area (Å²) in [5, 5.41) is 3.16. The first-order valence-corrected chi connectivity index (χ1v) is 8.83. The van der Waals surface area contributed by atoms with Crippen molar-refractivity contribution < 1.29 is 9.47 Å². The maximum absolute atomic E-state index is 6.07. The van der Waals surface area contributed by atoms with Gasteiger partial charge in [-0.05, 0) is 36.5 Å². The number of nitrogens with two attached hydrogens (primary N) is 1. The van der Waals surface area contributed by atoms with Gasteiger partial charge in [0.05, 0.1) is 19.3 Å². The fourth-order valence-corrected chi connectivity index (χ4v) is 3.31. The Bertz CT molecular complexity index is 761. The van der Waals surface area contributed by atoms with Crippen LogP contribution in [0.25, 0.3) is 0 Å². The van der Waals surface area contributed by atoms with E-state index in [1.165, 1.54) is 5.56 Å². The summed E-state index contributed by atoms with van der Waals surface area (Å²) in [6.07, 6.45) is 2.99. The second kappa shape index (κ2) is 8.62. The predicted molar refractivity (Wildman–Crippen MR) is 115 cm³/mol. The molecule has 26 heavy (non-hydrogen) atoms. The minimum absolute atomic E-state index is 0. The summed E-state index contributed by atoms with van der Waals surface area (Å²) in [5.74, 6) is 2.58. The number of guanidine groups is 1. The summed E-state index contributed by atoms with van der Waals surface area (Å²) >= 11 is 0. The molecule has 0 unspecified atom stereocenters. The van der Waals surface area contributed by atoms with E-state index in [9.17, 15) is 0 Å². The van der Waals surface area contributed by atoms with Crippen LogP contribution in [0.2, 0.25) is 0 Å². The maximum atomic E-state index is 6.07. The minimum Gasteiger partial charge on any atom is -0.490 e. The maximum Gasteiger partial charge on any atom is 0.193 e. The van der Waals surface area contributed by atoms with E-state index < -0.39 is 0 Å². The molecule has 2 aromatic rings. The Morgan fingerprint density at radius 3 is 2.50 bits per heavy atom. The first kappa shape index (κ1) is 18.8. The van der Waals surface area contributed by atoms with Crippen molar-refractivity contribution in [3.8, 4) is 11.5 Å². The second-order valence-electron chi connectivity index (χ2n) is 6.58. The average Bonchev–Trinajstić information content (AvgIpc) is 2.83. The lowest BCUT2D eigenvalue weighted by atomic mass is 9.76. The van der Waals surface area contributed by atoms with Gasteiger partial charge < -0.3 is 20.5 Å². The summed E-state index contributed by atoms with van der Waals surface area (Å²) in [7, 11) is 0. The van der Waals surface area contributed by atoms with E-state index in [-0.39, 0.29) is 30.0 Å². The summed E-state index contributed by atoms with van der Waals surface area (Å²) in [4.78, 5) is 4.60. The van der Waals surface area contributed by atoms with Crippen molar-refractivity contribution in [3.05, 3.63) is 54.1 Å². The van der Waals surface area contributed by atoms with Crippen molar-refractivity contribution in [2.75, 3.05) is 18.5 Å². The van der Waals surface area contributed by atoms with Crippen LogP contribution in [-0.4, -0.2) is 25.2 Å². The number of ether oxygens (including phenoxy) is 2. The second-order valence-corrected chi connectivity index (χ2v) is 6.58. The molecule has 0 spiro atoms. The summed E-state index contributed by atoms with van der Waals surface area (Å²) < 4.78 is 11.3. The summed E-state index contributed by atoms with van der Waals surface area (Å²) in [5.41, 5.74) is 8.33. The van der Waals surface area contributed by atoms with Crippen LogP contribution in [0.15, 0.2) is 53.5 Å². The van der Waals surface area contributed by atoms with Crippen molar-refractivity contribution in [2.45, 2.75) is 31.2 Å². The number of hydrogen-bond acceptors (Lipinski definition) is 3. The molecule has 0 bridgehead atoms. The monoisotopic (exact) mass is 465 g/mol. The molecule has 1 aliphatic carbocycles. The highest BCUT2D eigenvalue weighted by Gasteiger charge is 2.30. The minimum atomic E-state index is 0. The van der Waals surface area contributed by atoms with Gasteiger partial charge in [-0.25, -0.2) is 4.99 Å². The van der Waals surface area contributed by atoms with Crippen LogP contribution < -0.4 is 20.5 Å². The van der Waals surface area contributed by atoms with Gasteiger partial charge in [0.15, 0.2) is 17.5 Å². The van der Waals surface area contributed by atoms with Gasteiger partial charge in [-0.3, -0.25) is 0 Å². The molecule has 1 aliphatic heterocycles. The molecule has 2 aliphatic rings. The quantitative estimate of drug-likeness (QED) is 0.406.